The van der Waals surface area contributed by atoms with E-state index in [0.29, 0.717) is 5.82 Å². The molecule has 33 heavy (non-hydrogen) atoms. The maximum atomic E-state index is 13.1. The fourth-order valence-corrected chi connectivity index (χ4v) is 2.90. The number of nitrogens with zero attached hydrogens (tertiary/aromatic N) is 7. The van der Waals surface area contributed by atoms with Gasteiger partial charge in [-0.25, -0.2) is 0 Å². The van der Waals surface area contributed by atoms with Crippen molar-refractivity contribution >= 4 is 5.78 Å². The summed E-state index contributed by atoms with van der Waals surface area (Å²) in [6, 6.07) is 10.4. The zero-order valence-corrected chi connectivity index (χ0v) is 21.0. The van der Waals surface area contributed by atoms with Gasteiger partial charge in [-0.3, -0.25) is 29.9 Å². The van der Waals surface area contributed by atoms with Gasteiger partial charge >= 0.3 is 20.4 Å². The van der Waals surface area contributed by atoms with Crippen molar-refractivity contribution in [2.75, 3.05) is 0 Å². The van der Waals surface area contributed by atoms with Gasteiger partial charge < -0.3 is 9.36 Å². The molecule has 0 spiro atoms. The maximum absolute atomic E-state index is 13.1. The van der Waals surface area contributed by atoms with Crippen LogP contribution in [0.5, 0.6) is 0 Å². The molecule has 9 heteroatoms. The smallest absolute Gasteiger partial charge is 0.343 e. The van der Waals surface area contributed by atoms with E-state index in [4.69, 9.17) is 0 Å². The van der Waals surface area contributed by atoms with Crippen molar-refractivity contribution in [3.05, 3.63) is 77.8 Å². The zero-order valence-electron chi connectivity index (χ0n) is 19.4. The van der Waals surface area contributed by atoms with Crippen LogP contribution >= 0.6 is 0 Å². The second-order valence-electron chi connectivity index (χ2n) is 9.59. The Balaban J connectivity index is 0.00000306. The van der Waals surface area contributed by atoms with Crippen molar-refractivity contribution in [2.45, 2.75) is 52.4 Å². The summed E-state index contributed by atoms with van der Waals surface area (Å²) in [5.41, 5.74) is 1.99. The molecule has 0 atom stereocenters. The number of hydrogen-bond donors (Lipinski definition) is 0. The Hall–Kier alpha value is -3.02. The molecule has 0 aliphatic rings. The van der Waals surface area contributed by atoms with Gasteiger partial charge in [0, 0.05) is 6.20 Å². The van der Waals surface area contributed by atoms with E-state index in [-0.39, 0.29) is 54.4 Å². The molecule has 0 aliphatic carbocycles. The van der Waals surface area contributed by atoms with E-state index in [1.54, 1.807) is 35.0 Å². The second-order valence-corrected chi connectivity index (χ2v) is 9.59. The summed E-state index contributed by atoms with van der Waals surface area (Å²) in [4.78, 5) is 26.2. The molecular weight excluding hydrogens is 509 g/mol. The molecule has 4 aromatic rings. The molecule has 0 amide bonds. The summed E-state index contributed by atoms with van der Waals surface area (Å²) in [6.07, 6.45) is 7.62. The quantitative estimate of drug-likeness (QED) is 0.226. The van der Waals surface area contributed by atoms with Crippen LogP contribution in [0.3, 0.4) is 0 Å². The van der Waals surface area contributed by atoms with Gasteiger partial charge in [0.25, 0.3) is 0 Å². The van der Waals surface area contributed by atoms with Crippen LogP contribution in [0.2, 0.25) is 0 Å². The predicted octanol–water partition coefficient (Wildman–Crippen LogP) is 3.67. The minimum atomic E-state index is -0.318. The van der Waals surface area contributed by atoms with Crippen LogP contribution in [0.1, 0.15) is 69.1 Å². The SMILES string of the molecule is CC(C)(C)c1c[c-]n(-c2cccc(C(=O)c3ccnc(-n4[c-]cc(C(C)(C)C)n4)n3)n2)n1.[Pd+2]. The predicted molar refractivity (Wildman–Crippen MR) is 119 cm³/mol. The molecular formula is C24H25N7OPd. The normalized spacial score (nSPS) is 11.8. The summed E-state index contributed by atoms with van der Waals surface area (Å²) in [6.45, 7) is 12.4. The van der Waals surface area contributed by atoms with Gasteiger partial charge in [-0.15, -0.1) is 12.1 Å². The van der Waals surface area contributed by atoms with Crippen LogP contribution in [-0.4, -0.2) is 40.3 Å². The molecule has 0 N–H and O–H groups in total. The summed E-state index contributed by atoms with van der Waals surface area (Å²) >= 11 is 0. The van der Waals surface area contributed by atoms with Gasteiger partial charge in [0.15, 0.2) is 0 Å². The monoisotopic (exact) mass is 533 g/mol. The van der Waals surface area contributed by atoms with E-state index < -0.39 is 0 Å². The number of carbonyl (C=O) groups is 1. The second kappa shape index (κ2) is 9.08. The van der Waals surface area contributed by atoms with Gasteiger partial charge in [0.05, 0.1) is 5.82 Å². The van der Waals surface area contributed by atoms with Crippen LogP contribution in [-0.2, 0) is 31.3 Å². The van der Waals surface area contributed by atoms with Gasteiger partial charge in [0.1, 0.15) is 17.3 Å². The first kappa shape index (κ1) is 24.6. The van der Waals surface area contributed by atoms with Crippen LogP contribution in [0.4, 0.5) is 0 Å². The van der Waals surface area contributed by atoms with Crippen molar-refractivity contribution in [3.8, 4) is 11.8 Å². The average molecular weight is 534 g/mol. The zero-order chi connectivity index (χ0) is 23.1. The molecule has 8 nitrogen and oxygen atoms in total. The van der Waals surface area contributed by atoms with E-state index in [1.165, 1.54) is 10.9 Å². The van der Waals surface area contributed by atoms with Crippen molar-refractivity contribution in [3.63, 3.8) is 0 Å². The molecule has 0 saturated carbocycles. The summed E-state index contributed by atoms with van der Waals surface area (Å²) < 4.78 is 3.00. The van der Waals surface area contributed by atoms with Crippen molar-refractivity contribution in [2.24, 2.45) is 0 Å². The van der Waals surface area contributed by atoms with E-state index in [0.717, 1.165) is 11.4 Å². The van der Waals surface area contributed by atoms with Crippen LogP contribution < -0.4 is 0 Å². The third-order valence-electron chi connectivity index (χ3n) is 4.85. The van der Waals surface area contributed by atoms with Gasteiger partial charge in [0.2, 0.25) is 5.78 Å². The van der Waals surface area contributed by atoms with E-state index >= 15 is 0 Å². The van der Waals surface area contributed by atoms with Crippen molar-refractivity contribution < 1.29 is 25.2 Å². The Kier molecular flexibility index (Phi) is 6.78. The fourth-order valence-electron chi connectivity index (χ4n) is 2.90. The van der Waals surface area contributed by atoms with Gasteiger partial charge in [-0.2, -0.15) is 0 Å². The van der Waals surface area contributed by atoms with Crippen LogP contribution in [0.25, 0.3) is 11.8 Å². The Labute approximate surface area is 207 Å². The molecule has 4 heterocycles. The minimum Gasteiger partial charge on any atom is -0.343 e. The third-order valence-corrected chi connectivity index (χ3v) is 4.85. The molecule has 0 saturated heterocycles. The first-order valence-electron chi connectivity index (χ1n) is 10.3. The van der Waals surface area contributed by atoms with E-state index in [9.17, 15) is 4.79 Å². The molecule has 0 radical (unpaired) electrons. The summed E-state index contributed by atoms with van der Waals surface area (Å²) in [5.74, 6) is 0.468. The average Bonchev–Trinajstić information content (AvgIpc) is 3.43. The van der Waals surface area contributed by atoms with Gasteiger partial charge in [-0.05, 0) is 34.4 Å². The molecule has 4 aromatic heterocycles. The maximum Gasteiger partial charge on any atom is 2.00 e. The molecule has 0 bridgehead atoms. The number of rotatable bonds is 4. The molecule has 0 aromatic carbocycles. The molecule has 172 valence electrons. The summed E-state index contributed by atoms with van der Waals surface area (Å²) in [7, 11) is 0. The number of ketones is 1. The Morgan fingerprint density at radius 3 is 2.00 bits per heavy atom. The van der Waals surface area contributed by atoms with Crippen LogP contribution in [0, 0.1) is 12.4 Å². The topological polar surface area (TPSA) is 91.4 Å². The first-order valence-corrected chi connectivity index (χ1v) is 10.3. The molecule has 0 fully saturated rings. The molecule has 0 unspecified atom stereocenters. The van der Waals surface area contributed by atoms with Crippen molar-refractivity contribution in [1.82, 2.24) is 34.5 Å². The van der Waals surface area contributed by atoms with Crippen molar-refractivity contribution in [1.29, 1.82) is 0 Å². The minimum absolute atomic E-state index is 0. The van der Waals surface area contributed by atoms with Gasteiger partial charge in [-0.1, -0.05) is 66.1 Å². The summed E-state index contributed by atoms with van der Waals surface area (Å²) in [5, 5.41) is 9.04. The van der Waals surface area contributed by atoms with E-state index in [2.05, 4.69) is 79.1 Å². The number of pyridine rings is 1. The van der Waals surface area contributed by atoms with E-state index in [1.807, 2.05) is 6.07 Å². The van der Waals surface area contributed by atoms with Crippen LogP contribution in [0.15, 0.2) is 42.6 Å². The first-order chi connectivity index (χ1) is 15.0. The number of hydrogen-bond acceptors (Lipinski definition) is 6. The largest absolute Gasteiger partial charge is 2.00 e. The Morgan fingerprint density at radius 2 is 1.39 bits per heavy atom. The number of aromatic nitrogens is 7. The Bertz CT molecular complexity index is 1180. The fraction of sp³-hybridized carbons (Fsp3) is 0.333. The molecule has 4 rings (SSSR count). The Morgan fingerprint density at radius 1 is 0.818 bits per heavy atom. The third kappa shape index (κ3) is 5.32. The molecule has 0 aliphatic heterocycles. The standard InChI is InChI=1S/C24H25N7O.Pd/c1-23(2,3)18-11-14-30(28-18)20-9-7-8-16(26-20)21(32)17-10-13-25-22(27-17)31-15-12-19(29-31)24(4,5)6;/h7-13H,1-6H3;/q-2;+2. The number of carbonyl (C=O) groups excluding carboxylic acids is 1.